The molecule has 0 spiro atoms. The van der Waals surface area contributed by atoms with Gasteiger partial charge in [0.15, 0.2) is 0 Å². The van der Waals surface area contributed by atoms with Crippen molar-refractivity contribution in [2.45, 2.75) is 19.9 Å². The van der Waals surface area contributed by atoms with Gasteiger partial charge in [-0.05, 0) is 60.9 Å². The number of halogens is 1. The number of anilines is 2. The number of ketones is 1. The summed E-state index contributed by atoms with van der Waals surface area (Å²) in [6.07, 6.45) is 0. The number of aliphatic hydroxyl groups is 1. The number of Topliss-reactive ketones (excluding diaryl/α,β-unsaturated/α-hetero) is 1. The molecular formula is C30H29ClN4O5. The summed E-state index contributed by atoms with van der Waals surface area (Å²) in [4.78, 5) is 38.4. The first-order valence-corrected chi connectivity index (χ1v) is 12.9. The summed E-state index contributed by atoms with van der Waals surface area (Å²) in [6.45, 7) is 3.97. The third-order valence-electron chi connectivity index (χ3n) is 7.21. The molecule has 1 atom stereocenters. The minimum Gasteiger partial charge on any atom is -0.507 e. The molecule has 206 valence electrons. The van der Waals surface area contributed by atoms with Gasteiger partial charge < -0.3 is 24.5 Å². The van der Waals surface area contributed by atoms with Gasteiger partial charge in [0.05, 0.1) is 47.5 Å². The van der Waals surface area contributed by atoms with Crippen LogP contribution in [0.25, 0.3) is 16.8 Å². The van der Waals surface area contributed by atoms with E-state index in [9.17, 15) is 14.7 Å². The largest absolute Gasteiger partial charge is 0.507 e. The van der Waals surface area contributed by atoms with Gasteiger partial charge in [-0.15, -0.1) is 0 Å². The number of imidazole rings is 1. The van der Waals surface area contributed by atoms with Gasteiger partial charge in [0.25, 0.3) is 5.78 Å². The molecule has 2 N–H and O–H groups in total. The molecule has 0 saturated carbocycles. The van der Waals surface area contributed by atoms with Crippen molar-refractivity contribution in [3.8, 4) is 11.5 Å². The highest BCUT2D eigenvalue weighted by Crippen LogP contribution is 2.44. The highest BCUT2D eigenvalue weighted by Gasteiger charge is 2.48. The summed E-state index contributed by atoms with van der Waals surface area (Å²) in [5.74, 6) is -1.36. The lowest BCUT2D eigenvalue weighted by atomic mass is 9.94. The number of benzene rings is 3. The lowest BCUT2D eigenvalue weighted by Crippen LogP contribution is -2.30. The number of methoxy groups -OCH3 is 2. The second-order valence-electron chi connectivity index (χ2n) is 9.86. The van der Waals surface area contributed by atoms with Crippen molar-refractivity contribution >= 4 is 51.7 Å². The van der Waals surface area contributed by atoms with Gasteiger partial charge in [0.1, 0.15) is 17.3 Å². The number of aromatic amines is 1. The summed E-state index contributed by atoms with van der Waals surface area (Å²) < 4.78 is 10.7. The monoisotopic (exact) mass is 560 g/mol. The van der Waals surface area contributed by atoms with E-state index in [2.05, 4.69) is 9.97 Å². The van der Waals surface area contributed by atoms with Crippen LogP contribution in [0.15, 0.2) is 54.1 Å². The maximum atomic E-state index is 13.6. The Balaban J connectivity index is 1.75. The summed E-state index contributed by atoms with van der Waals surface area (Å²) in [6, 6.07) is 13.2. The SMILES string of the molecule is COc1cc(OC)c(/C(O)=C2\C(=O)C(=O)N(c3nc4cc(C)c(C)cc4[nH]3)C2c2ccc(N(C)C)cc2)cc1Cl. The second kappa shape index (κ2) is 10.2. The average molecular weight is 561 g/mol. The fourth-order valence-electron chi connectivity index (χ4n) is 4.88. The van der Waals surface area contributed by atoms with Crippen molar-refractivity contribution in [2.75, 3.05) is 38.1 Å². The molecule has 1 unspecified atom stereocenters. The van der Waals surface area contributed by atoms with E-state index in [-0.39, 0.29) is 27.9 Å². The third kappa shape index (κ3) is 4.42. The Morgan fingerprint density at radius 1 is 1.00 bits per heavy atom. The number of carbonyl (C=O) groups excluding carboxylic acids is 2. The Kier molecular flexibility index (Phi) is 6.93. The van der Waals surface area contributed by atoms with E-state index in [0.717, 1.165) is 22.3 Å². The van der Waals surface area contributed by atoms with Crippen LogP contribution in [-0.2, 0) is 9.59 Å². The van der Waals surface area contributed by atoms with E-state index >= 15 is 0 Å². The van der Waals surface area contributed by atoms with Crippen LogP contribution < -0.4 is 19.3 Å². The summed E-state index contributed by atoms with van der Waals surface area (Å²) in [7, 11) is 6.71. The number of carbonyl (C=O) groups is 2. The van der Waals surface area contributed by atoms with Gasteiger partial charge in [-0.1, -0.05) is 23.7 Å². The predicted octanol–water partition coefficient (Wildman–Crippen LogP) is 5.54. The lowest BCUT2D eigenvalue weighted by Gasteiger charge is -2.24. The molecule has 1 aromatic heterocycles. The van der Waals surface area contributed by atoms with Gasteiger partial charge in [-0.2, -0.15) is 0 Å². The van der Waals surface area contributed by atoms with Crippen LogP contribution in [0.1, 0.15) is 28.3 Å². The standard InChI is InChI=1S/C30H29ClN4O5/c1-15-11-21-22(12-16(15)2)33-30(32-21)35-26(17-7-9-18(10-8-17)34(3)4)25(28(37)29(35)38)27(36)19-13-20(31)24(40-6)14-23(19)39-5/h7-14,26,36H,1-6H3,(H,32,33)/b27-25+. The van der Waals surface area contributed by atoms with Crippen LogP contribution in [0, 0.1) is 13.8 Å². The van der Waals surface area contributed by atoms with E-state index in [1.54, 1.807) is 0 Å². The molecule has 5 rings (SSSR count). The highest BCUT2D eigenvalue weighted by atomic mass is 35.5. The number of nitrogens with one attached hydrogen (secondary N) is 1. The number of aryl methyl sites for hydroxylation is 2. The molecule has 0 aliphatic carbocycles. The maximum absolute atomic E-state index is 13.6. The number of hydrogen-bond acceptors (Lipinski definition) is 7. The molecule has 2 heterocycles. The van der Waals surface area contributed by atoms with E-state index in [0.29, 0.717) is 16.8 Å². The first-order chi connectivity index (χ1) is 19.0. The number of aliphatic hydroxyl groups excluding tert-OH is 1. The average Bonchev–Trinajstić information content (AvgIpc) is 3.45. The molecule has 10 heteroatoms. The van der Waals surface area contributed by atoms with Gasteiger partial charge >= 0.3 is 5.91 Å². The molecular weight excluding hydrogens is 532 g/mol. The first kappa shape index (κ1) is 27.1. The zero-order chi connectivity index (χ0) is 28.9. The number of H-pyrrole nitrogens is 1. The number of hydrogen-bond donors (Lipinski definition) is 2. The second-order valence-corrected chi connectivity index (χ2v) is 10.3. The van der Waals surface area contributed by atoms with Gasteiger partial charge in [0.2, 0.25) is 5.95 Å². The Morgan fingerprint density at radius 3 is 2.27 bits per heavy atom. The minimum absolute atomic E-state index is 0.116. The molecule has 40 heavy (non-hydrogen) atoms. The minimum atomic E-state index is -0.982. The zero-order valence-electron chi connectivity index (χ0n) is 23.0. The van der Waals surface area contributed by atoms with Crippen LogP contribution in [0.3, 0.4) is 0 Å². The first-order valence-electron chi connectivity index (χ1n) is 12.5. The van der Waals surface area contributed by atoms with Crippen molar-refractivity contribution in [1.82, 2.24) is 9.97 Å². The summed E-state index contributed by atoms with van der Waals surface area (Å²) in [5.41, 5.74) is 5.07. The Labute approximate surface area is 236 Å². The van der Waals surface area contributed by atoms with E-state index in [1.165, 1.54) is 31.3 Å². The molecule has 1 aliphatic rings. The highest BCUT2D eigenvalue weighted by molar-refractivity contribution is 6.51. The number of amides is 1. The fraction of sp³-hybridized carbons (Fsp3) is 0.233. The number of fused-ring (bicyclic) bond motifs is 1. The molecule has 4 aromatic rings. The van der Waals surface area contributed by atoms with Crippen molar-refractivity contribution in [1.29, 1.82) is 0 Å². The molecule has 0 bridgehead atoms. The molecule has 1 aliphatic heterocycles. The topological polar surface area (TPSA) is 108 Å². The van der Waals surface area contributed by atoms with E-state index in [4.69, 9.17) is 21.1 Å². The number of ether oxygens (including phenoxy) is 2. The Morgan fingerprint density at radius 2 is 1.65 bits per heavy atom. The molecule has 3 aromatic carbocycles. The molecule has 9 nitrogen and oxygen atoms in total. The van der Waals surface area contributed by atoms with E-state index < -0.39 is 23.5 Å². The summed E-state index contributed by atoms with van der Waals surface area (Å²) >= 11 is 6.37. The van der Waals surface area contributed by atoms with Gasteiger partial charge in [-0.25, -0.2) is 4.98 Å². The van der Waals surface area contributed by atoms with Crippen molar-refractivity contribution in [2.24, 2.45) is 0 Å². The fourth-order valence-corrected chi connectivity index (χ4v) is 5.12. The van der Waals surface area contributed by atoms with Crippen molar-refractivity contribution in [3.63, 3.8) is 0 Å². The Hall–Kier alpha value is -4.50. The Bertz CT molecular complexity index is 1650. The zero-order valence-corrected chi connectivity index (χ0v) is 23.8. The number of aromatic nitrogens is 2. The number of nitrogens with zero attached hydrogens (tertiary/aromatic N) is 3. The van der Waals surface area contributed by atoms with Crippen LogP contribution in [-0.4, -0.2) is 55.1 Å². The molecule has 1 fully saturated rings. The van der Waals surface area contributed by atoms with E-state index in [1.807, 2.05) is 69.2 Å². The smallest absolute Gasteiger partial charge is 0.302 e. The van der Waals surface area contributed by atoms with Crippen molar-refractivity contribution in [3.05, 3.63) is 81.4 Å². The lowest BCUT2D eigenvalue weighted by molar-refractivity contribution is -0.132. The predicted molar refractivity (Wildman–Crippen MR) is 156 cm³/mol. The quantitative estimate of drug-likeness (QED) is 0.181. The molecule has 0 radical (unpaired) electrons. The van der Waals surface area contributed by atoms with Crippen LogP contribution in [0.5, 0.6) is 11.5 Å². The van der Waals surface area contributed by atoms with Gasteiger partial charge in [0, 0.05) is 25.8 Å². The van der Waals surface area contributed by atoms with Crippen LogP contribution in [0.2, 0.25) is 5.02 Å². The van der Waals surface area contributed by atoms with Crippen LogP contribution in [0.4, 0.5) is 11.6 Å². The normalized spacial score (nSPS) is 16.6. The number of rotatable bonds is 6. The molecule has 1 saturated heterocycles. The van der Waals surface area contributed by atoms with Gasteiger partial charge in [-0.3, -0.25) is 14.5 Å². The molecule has 1 amide bonds. The summed E-state index contributed by atoms with van der Waals surface area (Å²) in [5, 5.41) is 11.8. The third-order valence-corrected chi connectivity index (χ3v) is 7.51. The van der Waals surface area contributed by atoms with Crippen LogP contribution >= 0.6 is 11.6 Å². The van der Waals surface area contributed by atoms with Crippen molar-refractivity contribution < 1.29 is 24.2 Å². The maximum Gasteiger partial charge on any atom is 0.302 e.